The van der Waals surface area contributed by atoms with Gasteiger partial charge in [0.1, 0.15) is 22.0 Å². The van der Waals surface area contributed by atoms with Gasteiger partial charge in [-0.1, -0.05) is 72.8 Å². The fraction of sp³-hybridized carbons (Fsp3) is 0.171. The first-order valence-corrected chi connectivity index (χ1v) is 17.3. The second-order valence-electron chi connectivity index (χ2n) is 10.5. The van der Waals surface area contributed by atoms with Gasteiger partial charge in [-0.25, -0.2) is 16.8 Å². The predicted molar refractivity (Wildman–Crippen MR) is 177 cm³/mol. The van der Waals surface area contributed by atoms with Crippen LogP contribution in [0.5, 0.6) is 11.5 Å². The highest BCUT2D eigenvalue weighted by molar-refractivity contribution is 7.94. The van der Waals surface area contributed by atoms with Crippen LogP contribution in [0.4, 0.5) is 0 Å². The normalized spacial score (nSPS) is 17.5. The number of hydrogen-bond acceptors (Lipinski definition) is 8. The van der Waals surface area contributed by atoms with E-state index in [1.165, 1.54) is 24.3 Å². The molecule has 2 unspecified atom stereocenters. The Hall–Kier alpha value is -4.51. The number of methoxy groups -OCH3 is 2. The summed E-state index contributed by atoms with van der Waals surface area (Å²) in [7, 11) is -5.12. The molecule has 10 heteroatoms. The van der Waals surface area contributed by atoms with E-state index in [4.69, 9.17) is 9.47 Å². The highest BCUT2D eigenvalue weighted by Crippen LogP contribution is 2.26. The molecular formula is C35H33NO7S2. The summed E-state index contributed by atoms with van der Waals surface area (Å²) >= 11 is 0. The van der Waals surface area contributed by atoms with E-state index in [1.807, 2.05) is 72.8 Å². The molecule has 1 fully saturated rings. The van der Waals surface area contributed by atoms with E-state index in [1.54, 1.807) is 38.5 Å². The second-order valence-corrected chi connectivity index (χ2v) is 14.7. The number of ether oxygens (including phenoxy) is 2. The van der Waals surface area contributed by atoms with Gasteiger partial charge < -0.3 is 14.8 Å². The van der Waals surface area contributed by atoms with Crippen molar-refractivity contribution in [2.24, 2.45) is 0 Å². The van der Waals surface area contributed by atoms with Crippen LogP contribution in [0.25, 0.3) is 24.3 Å². The summed E-state index contributed by atoms with van der Waals surface area (Å²) in [5.41, 5.74) is 3.41. The van der Waals surface area contributed by atoms with Crippen molar-refractivity contribution in [1.29, 1.82) is 0 Å². The van der Waals surface area contributed by atoms with Crippen molar-refractivity contribution in [1.82, 2.24) is 5.32 Å². The Bertz CT molecular complexity index is 1770. The zero-order chi connectivity index (χ0) is 32.0. The molecule has 2 atom stereocenters. The molecule has 45 heavy (non-hydrogen) atoms. The number of sulfone groups is 2. The van der Waals surface area contributed by atoms with E-state index < -0.39 is 36.0 Å². The van der Waals surface area contributed by atoms with Gasteiger partial charge in [0.15, 0.2) is 25.5 Å². The summed E-state index contributed by atoms with van der Waals surface area (Å²) in [6, 6.07) is 27.3. The zero-order valence-corrected chi connectivity index (χ0v) is 26.4. The van der Waals surface area contributed by atoms with Crippen LogP contribution >= 0.6 is 0 Å². The van der Waals surface area contributed by atoms with E-state index in [-0.39, 0.29) is 22.9 Å². The van der Waals surface area contributed by atoms with Gasteiger partial charge in [-0.3, -0.25) is 4.79 Å². The summed E-state index contributed by atoms with van der Waals surface area (Å²) in [4.78, 5) is 13.4. The van der Waals surface area contributed by atoms with Crippen molar-refractivity contribution in [3.8, 4) is 11.5 Å². The Morgan fingerprint density at radius 1 is 0.533 bits per heavy atom. The third-order valence-corrected chi connectivity index (χ3v) is 11.8. The molecule has 1 heterocycles. The van der Waals surface area contributed by atoms with Gasteiger partial charge in [-0.2, -0.15) is 0 Å². The third-order valence-electron chi connectivity index (χ3n) is 7.63. The van der Waals surface area contributed by atoms with Crippen LogP contribution in [0.1, 0.15) is 22.3 Å². The third kappa shape index (κ3) is 7.25. The fourth-order valence-corrected chi connectivity index (χ4v) is 8.35. The number of piperidine rings is 1. The van der Waals surface area contributed by atoms with Crippen molar-refractivity contribution in [3.63, 3.8) is 0 Å². The molecule has 0 amide bonds. The lowest BCUT2D eigenvalue weighted by Gasteiger charge is -2.28. The number of Topliss-reactive ketones (excluding diaryl/α,β-unsaturated/α-hetero) is 1. The van der Waals surface area contributed by atoms with E-state index in [2.05, 4.69) is 5.32 Å². The Morgan fingerprint density at radius 2 is 0.822 bits per heavy atom. The average Bonchev–Trinajstić information content (AvgIpc) is 3.07. The highest BCUT2D eigenvalue weighted by atomic mass is 32.2. The molecule has 1 N–H and O–H groups in total. The highest BCUT2D eigenvalue weighted by Gasteiger charge is 2.46. The van der Waals surface area contributed by atoms with Gasteiger partial charge in [0.05, 0.1) is 24.0 Å². The summed E-state index contributed by atoms with van der Waals surface area (Å²) < 4.78 is 64.4. The second kappa shape index (κ2) is 13.6. The first-order valence-electron chi connectivity index (χ1n) is 14.2. The summed E-state index contributed by atoms with van der Waals surface area (Å²) in [6.45, 7) is -0.331. The lowest BCUT2D eigenvalue weighted by atomic mass is 10.1. The summed E-state index contributed by atoms with van der Waals surface area (Å²) in [5.74, 6) is 0.659. The van der Waals surface area contributed by atoms with Crippen LogP contribution in [-0.4, -0.2) is 60.4 Å². The van der Waals surface area contributed by atoms with Crippen molar-refractivity contribution in [2.45, 2.75) is 20.3 Å². The molecule has 1 aliphatic heterocycles. The van der Waals surface area contributed by atoms with Gasteiger partial charge in [0.25, 0.3) is 0 Å². The maximum atomic E-state index is 13.5. The van der Waals surface area contributed by atoms with Gasteiger partial charge in [-0.15, -0.1) is 0 Å². The van der Waals surface area contributed by atoms with Crippen LogP contribution in [0, 0.1) is 0 Å². The van der Waals surface area contributed by atoms with Crippen LogP contribution in [0.15, 0.2) is 107 Å². The predicted octanol–water partition coefficient (Wildman–Crippen LogP) is 5.20. The quantitative estimate of drug-likeness (QED) is 0.235. The molecule has 8 nitrogen and oxygen atoms in total. The topological polar surface area (TPSA) is 116 Å². The Kier molecular flexibility index (Phi) is 9.67. The molecule has 0 bridgehead atoms. The van der Waals surface area contributed by atoms with Crippen LogP contribution in [0.2, 0.25) is 0 Å². The molecule has 4 aromatic rings. The van der Waals surface area contributed by atoms with Gasteiger partial charge in [0.2, 0.25) is 0 Å². The molecule has 0 aromatic heterocycles. The standard InChI is InChI=1S/C35H33NO7S2/c1-42-29-15-7-25(8-16-29)3-5-27-11-19-31(20-12-27)44(38,39)33-23-36-24-34(35(33)37)45(40,41)32-21-13-28(14-22-32)6-4-26-9-17-30(43-2)18-10-26/h3-22,33-34,36H,23-24H2,1-2H3/b5-3-,6-4-. The van der Waals surface area contributed by atoms with Crippen LogP contribution in [-0.2, 0) is 24.5 Å². The van der Waals surface area contributed by atoms with Crippen molar-refractivity contribution in [3.05, 3.63) is 119 Å². The van der Waals surface area contributed by atoms with E-state index >= 15 is 0 Å². The van der Waals surface area contributed by atoms with Crippen molar-refractivity contribution >= 4 is 49.8 Å². The van der Waals surface area contributed by atoms with Gasteiger partial charge in [-0.05, 0) is 70.8 Å². The van der Waals surface area contributed by atoms with Gasteiger partial charge >= 0.3 is 0 Å². The van der Waals surface area contributed by atoms with Crippen LogP contribution < -0.4 is 14.8 Å². The molecule has 232 valence electrons. The van der Waals surface area contributed by atoms with Gasteiger partial charge in [0, 0.05) is 13.1 Å². The van der Waals surface area contributed by atoms with E-state index in [0.717, 1.165) is 33.8 Å². The molecular weight excluding hydrogens is 611 g/mol. The summed E-state index contributed by atoms with van der Waals surface area (Å²) in [6.07, 6.45) is 7.45. The smallest absolute Gasteiger partial charge is 0.189 e. The molecule has 0 radical (unpaired) electrons. The largest absolute Gasteiger partial charge is 0.497 e. The minimum Gasteiger partial charge on any atom is -0.497 e. The molecule has 0 saturated carbocycles. The number of rotatable bonds is 10. The van der Waals surface area contributed by atoms with E-state index in [9.17, 15) is 21.6 Å². The maximum absolute atomic E-state index is 13.5. The number of benzene rings is 4. The number of ketones is 1. The van der Waals surface area contributed by atoms with Crippen molar-refractivity contribution in [2.75, 3.05) is 27.3 Å². The molecule has 4 aromatic carbocycles. The molecule has 5 rings (SSSR count). The first kappa shape index (κ1) is 31.9. The Balaban J connectivity index is 1.28. The average molecular weight is 644 g/mol. The minimum atomic E-state index is -4.15. The minimum absolute atomic E-state index is 0.0460. The number of hydrogen-bond donors (Lipinski definition) is 1. The summed E-state index contributed by atoms with van der Waals surface area (Å²) in [5, 5.41) is -0.195. The Morgan fingerprint density at radius 3 is 1.11 bits per heavy atom. The SMILES string of the molecule is COc1ccc(/C=C\c2ccc(S(=O)(=O)C3CNCC(S(=O)(=O)c4ccc(/C=C\c5ccc(OC)cc5)cc4)C3=O)cc2)cc1. The molecule has 1 aliphatic rings. The molecule has 1 saturated heterocycles. The molecule has 0 aliphatic carbocycles. The number of carbonyl (C=O) groups is 1. The first-order chi connectivity index (χ1) is 21.6. The molecule has 0 spiro atoms. The zero-order valence-electron chi connectivity index (χ0n) is 24.8. The number of carbonyl (C=O) groups excluding carboxylic acids is 1. The lowest BCUT2D eigenvalue weighted by Crippen LogP contribution is -2.56. The lowest BCUT2D eigenvalue weighted by molar-refractivity contribution is -0.119. The maximum Gasteiger partial charge on any atom is 0.189 e. The Labute approximate surface area is 263 Å². The monoisotopic (exact) mass is 643 g/mol. The van der Waals surface area contributed by atoms with E-state index in [0.29, 0.717) is 0 Å². The van der Waals surface area contributed by atoms with Crippen molar-refractivity contribution < 1.29 is 31.1 Å². The fourth-order valence-electron chi connectivity index (χ4n) is 4.96. The van der Waals surface area contributed by atoms with Crippen LogP contribution in [0.3, 0.4) is 0 Å². The number of nitrogens with one attached hydrogen (secondary N) is 1.